The Hall–Kier alpha value is -2.30. The average Bonchev–Trinajstić information content (AvgIpc) is 3.38. The number of hydrogen-bond acceptors (Lipinski definition) is 2. The molecule has 3 N–H and O–H groups in total. The molecule has 2 aromatic rings. The van der Waals surface area contributed by atoms with Crippen LogP contribution in [0.2, 0.25) is 0 Å². The van der Waals surface area contributed by atoms with Crippen molar-refractivity contribution in [2.45, 2.75) is 63.8 Å². The van der Waals surface area contributed by atoms with Gasteiger partial charge < -0.3 is 15.6 Å². The lowest BCUT2D eigenvalue weighted by Crippen LogP contribution is -2.40. The second kappa shape index (κ2) is 8.80. The van der Waals surface area contributed by atoms with Crippen molar-refractivity contribution >= 4 is 22.7 Å². The summed E-state index contributed by atoms with van der Waals surface area (Å²) < 4.78 is 0. The highest BCUT2D eigenvalue weighted by Gasteiger charge is 2.31. The molecular weight excluding hydrogens is 350 g/mol. The second-order valence-electron chi connectivity index (χ2n) is 8.44. The quantitative estimate of drug-likeness (QED) is 0.714. The number of rotatable bonds is 6. The van der Waals surface area contributed by atoms with Crippen LogP contribution in [0.5, 0.6) is 0 Å². The molecule has 4 rings (SSSR count). The summed E-state index contributed by atoms with van der Waals surface area (Å²) in [6.45, 7) is 0.656. The molecule has 150 valence electrons. The van der Waals surface area contributed by atoms with Crippen molar-refractivity contribution in [3.05, 3.63) is 36.0 Å². The number of carbonyl (C=O) groups is 2. The van der Waals surface area contributed by atoms with Crippen molar-refractivity contribution in [3.63, 3.8) is 0 Å². The molecule has 5 heteroatoms. The van der Waals surface area contributed by atoms with Crippen LogP contribution in [0, 0.1) is 11.8 Å². The summed E-state index contributed by atoms with van der Waals surface area (Å²) in [5, 5.41) is 7.55. The minimum atomic E-state index is 0.0542. The molecule has 2 fully saturated rings. The summed E-state index contributed by atoms with van der Waals surface area (Å²) in [6.07, 6.45) is 10.9. The number of nitrogens with one attached hydrogen (secondary N) is 3. The fourth-order valence-electron chi connectivity index (χ4n) is 4.81. The molecule has 5 nitrogen and oxygen atoms in total. The van der Waals surface area contributed by atoms with Crippen LogP contribution in [-0.4, -0.2) is 29.4 Å². The predicted octanol–water partition coefficient (Wildman–Crippen LogP) is 3.69. The first-order valence-electron chi connectivity index (χ1n) is 10.8. The summed E-state index contributed by atoms with van der Waals surface area (Å²) in [5.41, 5.74) is 2.38. The Kier molecular flexibility index (Phi) is 5.98. The Balaban J connectivity index is 1.19. The number of benzene rings is 1. The Morgan fingerprint density at radius 2 is 1.61 bits per heavy atom. The largest absolute Gasteiger partial charge is 0.361 e. The first-order valence-corrected chi connectivity index (χ1v) is 10.8. The molecule has 1 aromatic heterocycles. The molecule has 0 atom stereocenters. The number of hydrogen-bond donors (Lipinski definition) is 3. The van der Waals surface area contributed by atoms with Crippen LogP contribution in [0.4, 0.5) is 0 Å². The van der Waals surface area contributed by atoms with E-state index in [1.165, 1.54) is 23.8 Å². The summed E-state index contributed by atoms with van der Waals surface area (Å²) in [6, 6.07) is 8.63. The predicted molar refractivity (Wildman–Crippen MR) is 111 cm³/mol. The number of H-pyrrole nitrogens is 1. The Bertz CT molecular complexity index is 814. The maximum Gasteiger partial charge on any atom is 0.223 e. The molecule has 0 bridgehead atoms. The molecule has 2 amide bonds. The van der Waals surface area contributed by atoms with Gasteiger partial charge in [-0.1, -0.05) is 31.0 Å². The lowest BCUT2D eigenvalue weighted by molar-refractivity contribution is -0.130. The molecule has 2 saturated carbocycles. The number of aromatic nitrogens is 1. The highest BCUT2D eigenvalue weighted by Crippen LogP contribution is 2.30. The van der Waals surface area contributed by atoms with Crippen LogP contribution in [0.25, 0.3) is 10.9 Å². The molecular formula is C23H31N3O2. The van der Waals surface area contributed by atoms with Crippen LogP contribution in [-0.2, 0) is 16.0 Å². The zero-order valence-corrected chi connectivity index (χ0v) is 16.5. The Labute approximate surface area is 166 Å². The van der Waals surface area contributed by atoms with E-state index < -0.39 is 0 Å². The van der Waals surface area contributed by atoms with Crippen LogP contribution < -0.4 is 10.6 Å². The molecule has 0 aliphatic heterocycles. The SMILES string of the molecule is O=C(NCCc1c[nH]c2ccccc12)C1CCC(C(=O)NC2CCCC2)CC1. The van der Waals surface area contributed by atoms with Gasteiger partial charge in [0.25, 0.3) is 0 Å². The fraction of sp³-hybridized carbons (Fsp3) is 0.565. The van der Waals surface area contributed by atoms with E-state index in [9.17, 15) is 9.59 Å². The van der Waals surface area contributed by atoms with Crippen molar-refractivity contribution in [2.24, 2.45) is 11.8 Å². The van der Waals surface area contributed by atoms with E-state index in [2.05, 4.69) is 27.8 Å². The Morgan fingerprint density at radius 1 is 0.929 bits per heavy atom. The number of carbonyl (C=O) groups excluding carboxylic acids is 2. The molecule has 0 radical (unpaired) electrons. The van der Waals surface area contributed by atoms with Gasteiger partial charge in [-0.3, -0.25) is 9.59 Å². The van der Waals surface area contributed by atoms with Gasteiger partial charge in [0.15, 0.2) is 0 Å². The third-order valence-corrected chi connectivity index (χ3v) is 6.54. The summed E-state index contributed by atoms with van der Waals surface area (Å²) in [5.74, 6) is 0.508. The zero-order chi connectivity index (χ0) is 19.3. The molecule has 0 unspecified atom stereocenters. The maximum atomic E-state index is 12.5. The molecule has 0 spiro atoms. The van der Waals surface area contributed by atoms with E-state index in [0.29, 0.717) is 12.6 Å². The smallest absolute Gasteiger partial charge is 0.223 e. The average molecular weight is 382 g/mol. The third-order valence-electron chi connectivity index (χ3n) is 6.54. The van der Waals surface area contributed by atoms with E-state index >= 15 is 0 Å². The van der Waals surface area contributed by atoms with Crippen molar-refractivity contribution in [3.8, 4) is 0 Å². The third kappa shape index (κ3) is 4.40. The normalized spacial score (nSPS) is 23.0. The standard InChI is InChI=1S/C23H31N3O2/c27-22(24-14-13-18-15-25-21-8-4-3-7-20(18)21)16-9-11-17(12-10-16)23(28)26-19-5-1-2-6-19/h3-4,7-8,15-17,19,25H,1-2,5-6,9-14H2,(H,24,27)(H,26,28). The first-order chi connectivity index (χ1) is 13.7. The van der Waals surface area contributed by atoms with E-state index in [1.807, 2.05) is 18.3 Å². The van der Waals surface area contributed by atoms with Gasteiger partial charge in [-0.05, 0) is 56.6 Å². The van der Waals surface area contributed by atoms with E-state index in [1.54, 1.807) is 0 Å². The minimum Gasteiger partial charge on any atom is -0.361 e. The molecule has 0 saturated heterocycles. The summed E-state index contributed by atoms with van der Waals surface area (Å²) >= 11 is 0. The number of aromatic amines is 1. The lowest BCUT2D eigenvalue weighted by atomic mass is 9.81. The topological polar surface area (TPSA) is 74.0 Å². The molecule has 2 aliphatic rings. The monoisotopic (exact) mass is 381 g/mol. The highest BCUT2D eigenvalue weighted by molar-refractivity contribution is 5.83. The van der Waals surface area contributed by atoms with Gasteiger partial charge in [0.05, 0.1) is 0 Å². The van der Waals surface area contributed by atoms with E-state index in [0.717, 1.165) is 50.5 Å². The number of amides is 2. The van der Waals surface area contributed by atoms with Gasteiger partial charge in [-0.15, -0.1) is 0 Å². The minimum absolute atomic E-state index is 0.0542. The molecule has 1 heterocycles. The Morgan fingerprint density at radius 3 is 2.36 bits per heavy atom. The second-order valence-corrected chi connectivity index (χ2v) is 8.44. The van der Waals surface area contributed by atoms with Crippen LogP contribution in [0.1, 0.15) is 56.9 Å². The number of fused-ring (bicyclic) bond motifs is 1. The van der Waals surface area contributed by atoms with Gasteiger partial charge in [0.2, 0.25) is 11.8 Å². The first kappa shape index (κ1) is 19.0. The van der Waals surface area contributed by atoms with Gasteiger partial charge in [0.1, 0.15) is 0 Å². The van der Waals surface area contributed by atoms with Crippen molar-refractivity contribution in [1.29, 1.82) is 0 Å². The summed E-state index contributed by atoms with van der Waals surface area (Å²) in [4.78, 5) is 28.2. The number of para-hydroxylation sites is 1. The van der Waals surface area contributed by atoms with Crippen LogP contribution in [0.15, 0.2) is 30.5 Å². The van der Waals surface area contributed by atoms with Crippen LogP contribution >= 0.6 is 0 Å². The zero-order valence-electron chi connectivity index (χ0n) is 16.5. The molecule has 28 heavy (non-hydrogen) atoms. The van der Waals surface area contributed by atoms with Crippen molar-refractivity contribution < 1.29 is 9.59 Å². The van der Waals surface area contributed by atoms with Gasteiger partial charge in [0, 0.05) is 41.5 Å². The van der Waals surface area contributed by atoms with Gasteiger partial charge in [-0.2, -0.15) is 0 Å². The summed E-state index contributed by atoms with van der Waals surface area (Å²) in [7, 11) is 0. The van der Waals surface area contributed by atoms with Gasteiger partial charge >= 0.3 is 0 Å². The van der Waals surface area contributed by atoms with Crippen molar-refractivity contribution in [2.75, 3.05) is 6.54 Å². The maximum absolute atomic E-state index is 12.5. The molecule has 2 aliphatic carbocycles. The van der Waals surface area contributed by atoms with E-state index in [4.69, 9.17) is 0 Å². The van der Waals surface area contributed by atoms with Crippen LogP contribution in [0.3, 0.4) is 0 Å². The lowest BCUT2D eigenvalue weighted by Gasteiger charge is -2.28. The fourth-order valence-corrected chi connectivity index (χ4v) is 4.81. The van der Waals surface area contributed by atoms with E-state index in [-0.39, 0.29) is 23.7 Å². The van der Waals surface area contributed by atoms with Gasteiger partial charge in [-0.25, -0.2) is 0 Å². The highest BCUT2D eigenvalue weighted by atomic mass is 16.2. The van der Waals surface area contributed by atoms with Crippen molar-refractivity contribution in [1.82, 2.24) is 15.6 Å². The molecule has 1 aromatic carbocycles.